The van der Waals surface area contributed by atoms with Gasteiger partial charge in [-0.1, -0.05) is 12.1 Å². The average Bonchev–Trinajstić information content (AvgIpc) is 2.61. The highest BCUT2D eigenvalue weighted by Gasteiger charge is 2.25. The summed E-state index contributed by atoms with van der Waals surface area (Å²) in [6, 6.07) is 6.66. The summed E-state index contributed by atoms with van der Waals surface area (Å²) >= 11 is 0. The molecular weight excluding hydrogens is 362 g/mol. The van der Waals surface area contributed by atoms with Gasteiger partial charge < -0.3 is 20.1 Å². The summed E-state index contributed by atoms with van der Waals surface area (Å²) in [7, 11) is 0. The molecule has 1 aromatic rings. The van der Waals surface area contributed by atoms with E-state index in [4.69, 9.17) is 15.2 Å². The fourth-order valence-electron chi connectivity index (χ4n) is 2.63. The molecule has 1 heterocycles. The quantitative estimate of drug-likeness (QED) is 0.566. The summed E-state index contributed by atoms with van der Waals surface area (Å²) in [5.74, 6) is 0.718. The minimum atomic E-state index is -0.713. The van der Waals surface area contributed by atoms with Gasteiger partial charge in [-0.3, -0.25) is 4.90 Å². The Bertz CT molecular complexity index is 694. The van der Waals surface area contributed by atoms with Gasteiger partial charge in [-0.2, -0.15) is 5.10 Å². The fourth-order valence-corrected chi connectivity index (χ4v) is 2.63. The first-order valence-corrected chi connectivity index (χ1v) is 9.24. The van der Waals surface area contributed by atoms with E-state index in [0.29, 0.717) is 19.7 Å². The fraction of sp³-hybridized carbons (Fsp3) is 0.526. The van der Waals surface area contributed by atoms with Gasteiger partial charge in [0.1, 0.15) is 18.0 Å². The highest BCUT2D eigenvalue weighted by molar-refractivity contribution is 5.81. The summed E-state index contributed by atoms with van der Waals surface area (Å²) in [5.41, 5.74) is 7.41. The van der Waals surface area contributed by atoms with Crippen LogP contribution in [-0.4, -0.2) is 73.1 Å². The summed E-state index contributed by atoms with van der Waals surface area (Å²) in [6.45, 7) is 9.77. The summed E-state index contributed by atoms with van der Waals surface area (Å²) in [4.78, 5) is 26.7. The molecule has 2 rings (SSSR count). The molecule has 0 unspecified atom stereocenters. The molecule has 9 nitrogen and oxygen atoms in total. The van der Waals surface area contributed by atoms with Crippen molar-refractivity contribution >= 4 is 18.3 Å². The Hall–Kier alpha value is -2.81. The second-order valence-electron chi connectivity index (χ2n) is 7.46. The lowest BCUT2D eigenvalue weighted by atomic mass is 10.2. The van der Waals surface area contributed by atoms with Crippen LogP contribution in [0.3, 0.4) is 0 Å². The molecule has 28 heavy (non-hydrogen) atoms. The lowest BCUT2D eigenvalue weighted by Gasteiger charge is -2.35. The van der Waals surface area contributed by atoms with Crippen molar-refractivity contribution < 1.29 is 19.1 Å². The second-order valence-corrected chi connectivity index (χ2v) is 7.46. The van der Waals surface area contributed by atoms with E-state index in [2.05, 4.69) is 15.4 Å². The van der Waals surface area contributed by atoms with Crippen LogP contribution in [0.1, 0.15) is 26.3 Å². The first-order valence-electron chi connectivity index (χ1n) is 9.24. The molecule has 3 amide bonds. The molecule has 1 saturated heterocycles. The number of nitrogens with one attached hydrogen (secondary N) is 1. The van der Waals surface area contributed by atoms with Gasteiger partial charge in [0.05, 0.1) is 6.21 Å². The molecule has 0 bridgehead atoms. The van der Waals surface area contributed by atoms with Gasteiger partial charge in [-0.05, 0) is 38.5 Å². The third-order valence-corrected chi connectivity index (χ3v) is 3.95. The highest BCUT2D eigenvalue weighted by Crippen LogP contribution is 2.13. The number of primary amides is 1. The van der Waals surface area contributed by atoms with Crippen LogP contribution in [-0.2, 0) is 4.74 Å². The smallest absolute Gasteiger partial charge is 0.410 e. The molecule has 0 radical (unpaired) electrons. The van der Waals surface area contributed by atoms with Crippen molar-refractivity contribution in [1.29, 1.82) is 0 Å². The van der Waals surface area contributed by atoms with Gasteiger partial charge in [0.25, 0.3) is 0 Å². The van der Waals surface area contributed by atoms with E-state index in [1.807, 2.05) is 45.0 Å². The van der Waals surface area contributed by atoms with Crippen LogP contribution in [0.25, 0.3) is 0 Å². The molecular formula is C19H29N5O4. The van der Waals surface area contributed by atoms with Crippen molar-refractivity contribution in [1.82, 2.24) is 15.2 Å². The van der Waals surface area contributed by atoms with E-state index in [1.165, 1.54) is 6.21 Å². The maximum Gasteiger partial charge on any atom is 0.410 e. The minimum Gasteiger partial charge on any atom is -0.492 e. The molecule has 1 aromatic carbocycles. The Morgan fingerprint density at radius 3 is 2.61 bits per heavy atom. The number of benzene rings is 1. The number of carbonyl (C=O) groups is 2. The number of urea groups is 1. The number of carbonyl (C=O) groups excluding carboxylic acids is 2. The summed E-state index contributed by atoms with van der Waals surface area (Å²) < 4.78 is 11.2. The Morgan fingerprint density at radius 1 is 1.25 bits per heavy atom. The van der Waals surface area contributed by atoms with Crippen LogP contribution in [0.15, 0.2) is 29.4 Å². The minimum absolute atomic E-state index is 0.257. The van der Waals surface area contributed by atoms with Gasteiger partial charge in [0.2, 0.25) is 0 Å². The SMILES string of the molecule is CC(C)(C)OC(=O)N1CCN(CCOc2cccc(C=NNC(N)=O)c2)CC1. The lowest BCUT2D eigenvalue weighted by molar-refractivity contribution is 0.0137. The van der Waals surface area contributed by atoms with Crippen molar-refractivity contribution in [3.05, 3.63) is 29.8 Å². The van der Waals surface area contributed by atoms with E-state index in [0.717, 1.165) is 30.9 Å². The number of hydrogen-bond acceptors (Lipinski definition) is 6. The Labute approximate surface area is 165 Å². The number of hydrazone groups is 1. The van der Waals surface area contributed by atoms with Gasteiger partial charge in [-0.15, -0.1) is 0 Å². The van der Waals surface area contributed by atoms with Gasteiger partial charge in [-0.25, -0.2) is 15.0 Å². The van der Waals surface area contributed by atoms with Gasteiger partial charge in [0.15, 0.2) is 0 Å². The van der Waals surface area contributed by atoms with E-state index < -0.39 is 11.6 Å². The van der Waals surface area contributed by atoms with E-state index in [-0.39, 0.29) is 6.09 Å². The first kappa shape index (κ1) is 21.5. The van der Waals surface area contributed by atoms with E-state index in [9.17, 15) is 9.59 Å². The summed E-state index contributed by atoms with van der Waals surface area (Å²) in [5, 5.41) is 3.72. The van der Waals surface area contributed by atoms with Crippen LogP contribution < -0.4 is 15.9 Å². The standard InChI is InChI=1S/C19H29N5O4/c1-19(2,3)28-18(26)24-9-7-23(8-10-24)11-12-27-16-6-4-5-15(13-16)14-21-22-17(20)25/h4-6,13-14H,7-12H2,1-3H3,(H3,20,22,25). The average molecular weight is 391 g/mol. The number of amides is 3. The zero-order valence-electron chi connectivity index (χ0n) is 16.7. The Morgan fingerprint density at radius 2 is 1.96 bits per heavy atom. The number of hydrogen-bond donors (Lipinski definition) is 2. The van der Waals surface area contributed by atoms with Crippen molar-refractivity contribution in [3.63, 3.8) is 0 Å². The van der Waals surface area contributed by atoms with Crippen molar-refractivity contribution in [2.45, 2.75) is 26.4 Å². The largest absolute Gasteiger partial charge is 0.492 e. The van der Waals surface area contributed by atoms with E-state index in [1.54, 1.807) is 4.90 Å². The third kappa shape index (κ3) is 7.83. The Balaban J connectivity index is 1.71. The second kappa shape index (κ2) is 9.93. The predicted octanol–water partition coefficient (Wildman–Crippen LogP) is 1.62. The number of rotatable bonds is 6. The van der Waals surface area contributed by atoms with Gasteiger partial charge in [0, 0.05) is 32.7 Å². The van der Waals surface area contributed by atoms with Crippen LogP contribution in [0.5, 0.6) is 5.75 Å². The van der Waals surface area contributed by atoms with Crippen LogP contribution >= 0.6 is 0 Å². The zero-order chi connectivity index (χ0) is 20.6. The molecule has 0 aliphatic carbocycles. The van der Waals surface area contributed by atoms with Crippen LogP contribution in [0, 0.1) is 0 Å². The van der Waals surface area contributed by atoms with Crippen LogP contribution in [0.2, 0.25) is 0 Å². The molecule has 154 valence electrons. The number of nitrogens with two attached hydrogens (primary N) is 1. The van der Waals surface area contributed by atoms with Crippen molar-refractivity contribution in [2.24, 2.45) is 10.8 Å². The molecule has 1 fully saturated rings. The molecule has 0 spiro atoms. The van der Waals surface area contributed by atoms with Crippen molar-refractivity contribution in [3.8, 4) is 5.75 Å². The molecule has 1 aliphatic heterocycles. The van der Waals surface area contributed by atoms with E-state index >= 15 is 0 Å². The molecule has 0 atom stereocenters. The number of ether oxygens (including phenoxy) is 2. The lowest BCUT2D eigenvalue weighted by Crippen LogP contribution is -2.50. The molecule has 3 N–H and O–H groups in total. The summed E-state index contributed by atoms with van der Waals surface area (Å²) in [6.07, 6.45) is 1.24. The third-order valence-electron chi connectivity index (χ3n) is 3.95. The molecule has 9 heteroatoms. The number of piperazine rings is 1. The van der Waals surface area contributed by atoms with Crippen molar-refractivity contribution in [2.75, 3.05) is 39.3 Å². The normalized spacial score (nSPS) is 15.5. The molecule has 0 saturated carbocycles. The molecule has 0 aromatic heterocycles. The topological polar surface area (TPSA) is 109 Å². The predicted molar refractivity (Wildman–Crippen MR) is 106 cm³/mol. The van der Waals surface area contributed by atoms with Crippen LogP contribution in [0.4, 0.5) is 9.59 Å². The highest BCUT2D eigenvalue weighted by atomic mass is 16.6. The first-order chi connectivity index (χ1) is 13.2. The Kier molecular flexibility index (Phi) is 7.62. The zero-order valence-corrected chi connectivity index (χ0v) is 16.7. The maximum absolute atomic E-state index is 12.1. The monoisotopic (exact) mass is 391 g/mol. The van der Waals surface area contributed by atoms with Gasteiger partial charge >= 0.3 is 12.1 Å². The maximum atomic E-state index is 12.1. The number of nitrogens with zero attached hydrogens (tertiary/aromatic N) is 3. The molecule has 1 aliphatic rings.